The molecule has 1 unspecified atom stereocenters. The summed E-state index contributed by atoms with van der Waals surface area (Å²) < 4.78 is 0. The van der Waals surface area contributed by atoms with E-state index in [2.05, 4.69) is 5.32 Å². The molecule has 16 heavy (non-hydrogen) atoms. The minimum atomic E-state index is 0.0908. The highest BCUT2D eigenvalue weighted by Crippen LogP contribution is 2.23. The van der Waals surface area contributed by atoms with Gasteiger partial charge in [0, 0.05) is 13.1 Å². The molecule has 3 nitrogen and oxygen atoms in total. The average molecular weight is 224 g/mol. The first kappa shape index (κ1) is 11.9. The SMILES string of the molecule is CN(C(=O)C1CCCCCN1)C1CCCC1. The maximum absolute atomic E-state index is 12.3. The number of rotatable bonds is 2. The Balaban J connectivity index is 1.88. The van der Waals surface area contributed by atoms with Crippen molar-refractivity contribution in [3.63, 3.8) is 0 Å². The predicted molar refractivity (Wildman–Crippen MR) is 65.3 cm³/mol. The second kappa shape index (κ2) is 5.67. The Kier molecular flexibility index (Phi) is 4.22. The Hall–Kier alpha value is -0.570. The highest BCUT2D eigenvalue weighted by molar-refractivity contribution is 5.82. The van der Waals surface area contributed by atoms with Gasteiger partial charge in [0.05, 0.1) is 6.04 Å². The van der Waals surface area contributed by atoms with E-state index in [4.69, 9.17) is 0 Å². The van der Waals surface area contributed by atoms with Crippen LogP contribution in [0.5, 0.6) is 0 Å². The molecule has 1 saturated carbocycles. The third-order valence-corrected chi connectivity index (χ3v) is 4.08. The van der Waals surface area contributed by atoms with Gasteiger partial charge < -0.3 is 10.2 Å². The standard InChI is InChI=1S/C13H24N2O/c1-15(11-7-4-5-8-11)13(16)12-9-3-2-6-10-14-12/h11-12,14H,2-10H2,1H3. The fourth-order valence-corrected chi connectivity index (χ4v) is 2.96. The van der Waals surface area contributed by atoms with Crippen molar-refractivity contribution in [1.82, 2.24) is 10.2 Å². The molecule has 0 aromatic carbocycles. The molecule has 1 heterocycles. The first-order valence-electron chi connectivity index (χ1n) is 6.79. The van der Waals surface area contributed by atoms with E-state index >= 15 is 0 Å². The lowest BCUT2D eigenvalue weighted by molar-refractivity contribution is -0.134. The van der Waals surface area contributed by atoms with E-state index in [1.165, 1.54) is 44.9 Å². The number of carbonyl (C=O) groups excluding carboxylic acids is 1. The Bertz CT molecular complexity index is 224. The summed E-state index contributed by atoms with van der Waals surface area (Å²) in [5.74, 6) is 0.328. The van der Waals surface area contributed by atoms with Crippen LogP contribution >= 0.6 is 0 Å². The lowest BCUT2D eigenvalue weighted by atomic mass is 10.1. The van der Waals surface area contributed by atoms with Crippen molar-refractivity contribution in [2.45, 2.75) is 63.5 Å². The van der Waals surface area contributed by atoms with Crippen molar-refractivity contribution in [3.8, 4) is 0 Å². The monoisotopic (exact) mass is 224 g/mol. The van der Waals surface area contributed by atoms with E-state index < -0.39 is 0 Å². The van der Waals surface area contributed by atoms with Crippen LogP contribution in [0.15, 0.2) is 0 Å². The highest BCUT2D eigenvalue weighted by atomic mass is 16.2. The van der Waals surface area contributed by atoms with Crippen LogP contribution < -0.4 is 5.32 Å². The molecule has 1 aliphatic heterocycles. The number of hydrogen-bond acceptors (Lipinski definition) is 2. The second-order valence-electron chi connectivity index (χ2n) is 5.24. The average Bonchev–Trinajstić information content (AvgIpc) is 2.70. The second-order valence-corrected chi connectivity index (χ2v) is 5.24. The molecule has 1 aliphatic carbocycles. The van der Waals surface area contributed by atoms with Crippen LogP contribution in [-0.4, -0.2) is 36.5 Å². The van der Waals surface area contributed by atoms with Crippen molar-refractivity contribution in [2.24, 2.45) is 0 Å². The summed E-state index contributed by atoms with van der Waals surface area (Å²) >= 11 is 0. The van der Waals surface area contributed by atoms with E-state index in [-0.39, 0.29) is 6.04 Å². The van der Waals surface area contributed by atoms with Crippen molar-refractivity contribution in [1.29, 1.82) is 0 Å². The molecule has 92 valence electrons. The number of amides is 1. The Morgan fingerprint density at radius 3 is 2.50 bits per heavy atom. The van der Waals surface area contributed by atoms with Gasteiger partial charge in [-0.25, -0.2) is 0 Å². The molecule has 0 spiro atoms. The normalized spacial score (nSPS) is 27.7. The third kappa shape index (κ3) is 2.76. The highest BCUT2D eigenvalue weighted by Gasteiger charge is 2.28. The van der Waals surface area contributed by atoms with Crippen molar-refractivity contribution < 1.29 is 4.79 Å². The zero-order valence-electron chi connectivity index (χ0n) is 10.4. The largest absolute Gasteiger partial charge is 0.341 e. The molecule has 1 saturated heterocycles. The molecule has 0 aromatic rings. The zero-order valence-corrected chi connectivity index (χ0v) is 10.4. The van der Waals surface area contributed by atoms with E-state index in [1.807, 2.05) is 11.9 Å². The van der Waals surface area contributed by atoms with Gasteiger partial charge in [0.25, 0.3) is 0 Å². The van der Waals surface area contributed by atoms with E-state index in [9.17, 15) is 4.79 Å². The summed E-state index contributed by atoms with van der Waals surface area (Å²) in [6, 6.07) is 0.602. The lowest BCUT2D eigenvalue weighted by Crippen LogP contribution is -2.47. The fourth-order valence-electron chi connectivity index (χ4n) is 2.96. The summed E-state index contributed by atoms with van der Waals surface area (Å²) in [4.78, 5) is 14.3. The molecule has 1 N–H and O–H groups in total. The molecule has 1 atom stereocenters. The van der Waals surface area contributed by atoms with Crippen LogP contribution in [0.25, 0.3) is 0 Å². The van der Waals surface area contributed by atoms with Gasteiger partial charge in [-0.3, -0.25) is 4.79 Å². The van der Waals surface area contributed by atoms with Crippen LogP contribution in [0.2, 0.25) is 0 Å². The van der Waals surface area contributed by atoms with Crippen molar-refractivity contribution in [2.75, 3.05) is 13.6 Å². The van der Waals surface area contributed by atoms with Gasteiger partial charge in [-0.2, -0.15) is 0 Å². The quantitative estimate of drug-likeness (QED) is 0.777. The Morgan fingerprint density at radius 2 is 1.75 bits per heavy atom. The molecule has 1 amide bonds. The van der Waals surface area contributed by atoms with Gasteiger partial charge in [0.1, 0.15) is 0 Å². The van der Waals surface area contributed by atoms with E-state index in [1.54, 1.807) is 0 Å². The smallest absolute Gasteiger partial charge is 0.239 e. The summed E-state index contributed by atoms with van der Waals surface area (Å²) in [7, 11) is 1.99. The molecule has 0 aromatic heterocycles. The van der Waals surface area contributed by atoms with Gasteiger partial charge in [-0.1, -0.05) is 25.7 Å². The summed E-state index contributed by atoms with van der Waals surface area (Å²) in [5.41, 5.74) is 0. The van der Waals surface area contributed by atoms with Crippen LogP contribution in [-0.2, 0) is 4.79 Å². The number of likely N-dealkylation sites (N-methyl/N-ethyl adjacent to an activating group) is 1. The van der Waals surface area contributed by atoms with Gasteiger partial charge in [0.15, 0.2) is 0 Å². The molecule has 0 radical (unpaired) electrons. The molecule has 3 heteroatoms. The first-order chi connectivity index (χ1) is 7.79. The van der Waals surface area contributed by atoms with Crippen molar-refractivity contribution in [3.05, 3.63) is 0 Å². The van der Waals surface area contributed by atoms with Gasteiger partial charge in [0.2, 0.25) is 5.91 Å². The number of nitrogens with one attached hydrogen (secondary N) is 1. The van der Waals surface area contributed by atoms with Crippen LogP contribution in [0.1, 0.15) is 51.4 Å². The van der Waals surface area contributed by atoms with Gasteiger partial charge in [-0.05, 0) is 32.2 Å². The third-order valence-electron chi connectivity index (χ3n) is 4.08. The summed E-state index contributed by atoms with van der Waals surface area (Å²) in [6.07, 6.45) is 9.70. The number of hydrogen-bond donors (Lipinski definition) is 1. The Morgan fingerprint density at radius 1 is 1.06 bits per heavy atom. The van der Waals surface area contributed by atoms with Crippen LogP contribution in [0, 0.1) is 0 Å². The first-order valence-corrected chi connectivity index (χ1v) is 6.79. The molecule has 2 aliphatic rings. The van der Waals surface area contributed by atoms with E-state index in [0.717, 1.165) is 13.0 Å². The molecule has 2 fully saturated rings. The topological polar surface area (TPSA) is 32.3 Å². The molecule has 2 rings (SSSR count). The summed E-state index contributed by atoms with van der Waals surface area (Å²) in [6.45, 7) is 1.01. The molecular weight excluding hydrogens is 200 g/mol. The minimum absolute atomic E-state index is 0.0908. The predicted octanol–water partition coefficient (Wildman–Crippen LogP) is 1.92. The minimum Gasteiger partial charge on any atom is -0.341 e. The zero-order chi connectivity index (χ0) is 11.4. The Labute approximate surface area is 98.6 Å². The number of nitrogens with zero attached hydrogens (tertiary/aromatic N) is 1. The van der Waals surface area contributed by atoms with E-state index in [0.29, 0.717) is 11.9 Å². The molecular formula is C13H24N2O. The van der Waals surface area contributed by atoms with Gasteiger partial charge >= 0.3 is 0 Å². The number of carbonyl (C=O) groups is 1. The maximum Gasteiger partial charge on any atom is 0.239 e. The lowest BCUT2D eigenvalue weighted by Gasteiger charge is -2.28. The van der Waals surface area contributed by atoms with Crippen molar-refractivity contribution >= 4 is 5.91 Å². The molecule has 0 bridgehead atoms. The van der Waals surface area contributed by atoms with Crippen LogP contribution in [0.3, 0.4) is 0 Å². The summed E-state index contributed by atoms with van der Waals surface area (Å²) in [5, 5.41) is 3.39. The van der Waals surface area contributed by atoms with Gasteiger partial charge in [-0.15, -0.1) is 0 Å². The maximum atomic E-state index is 12.3. The van der Waals surface area contributed by atoms with Crippen LogP contribution in [0.4, 0.5) is 0 Å². The fraction of sp³-hybridized carbons (Fsp3) is 0.923.